The highest BCUT2D eigenvalue weighted by Crippen LogP contribution is 2.17. The molecule has 0 unspecified atom stereocenters. The first-order valence-corrected chi connectivity index (χ1v) is 9.18. The van der Waals surface area contributed by atoms with Crippen LogP contribution in [0.1, 0.15) is 39.7 Å². The van der Waals surface area contributed by atoms with Crippen molar-refractivity contribution < 1.29 is 9.72 Å². The number of nitrogens with zero attached hydrogens (tertiary/aromatic N) is 3. The highest BCUT2D eigenvalue weighted by molar-refractivity contribution is 6.02. The van der Waals surface area contributed by atoms with Crippen molar-refractivity contribution in [1.29, 1.82) is 0 Å². The summed E-state index contributed by atoms with van der Waals surface area (Å²) in [5.74, 6) is -0.732. The number of hydrazone groups is 1. The van der Waals surface area contributed by atoms with Crippen LogP contribution in [0.2, 0.25) is 0 Å². The maximum atomic E-state index is 12.9. The van der Waals surface area contributed by atoms with E-state index in [1.54, 1.807) is 13.8 Å². The van der Waals surface area contributed by atoms with Gasteiger partial charge in [0.25, 0.3) is 17.2 Å². The number of aryl methyl sites for hydroxylation is 3. The second kappa shape index (κ2) is 8.16. The smallest absolute Gasteiger partial charge is 0.282 e. The molecule has 0 saturated carbocycles. The van der Waals surface area contributed by atoms with Crippen molar-refractivity contribution in [3.63, 3.8) is 0 Å². The molecule has 30 heavy (non-hydrogen) atoms. The SMILES string of the molecule is CC(=NNC(=O)c1ccccc1[N+](=O)[O-])c1c(C)[nH]n(-c2ccc(C)c(C)c2)c1=O. The predicted octanol–water partition coefficient (Wildman–Crippen LogP) is 3.15. The normalized spacial score (nSPS) is 11.4. The van der Waals surface area contributed by atoms with Crippen molar-refractivity contribution in [1.82, 2.24) is 15.2 Å². The molecule has 2 aromatic carbocycles. The number of hydrogen-bond donors (Lipinski definition) is 2. The zero-order chi connectivity index (χ0) is 22.0. The monoisotopic (exact) mass is 407 g/mol. The number of benzene rings is 2. The van der Waals surface area contributed by atoms with Gasteiger partial charge in [0.05, 0.1) is 21.9 Å². The number of rotatable bonds is 5. The van der Waals surface area contributed by atoms with E-state index in [9.17, 15) is 19.7 Å². The first-order chi connectivity index (χ1) is 14.2. The van der Waals surface area contributed by atoms with Crippen LogP contribution in [0.15, 0.2) is 52.4 Å². The highest BCUT2D eigenvalue weighted by atomic mass is 16.6. The summed E-state index contributed by atoms with van der Waals surface area (Å²) in [4.78, 5) is 35.8. The predicted molar refractivity (Wildman–Crippen MR) is 113 cm³/mol. The first-order valence-electron chi connectivity index (χ1n) is 9.18. The van der Waals surface area contributed by atoms with Gasteiger partial charge in [0.2, 0.25) is 0 Å². The van der Waals surface area contributed by atoms with E-state index in [0.29, 0.717) is 16.9 Å². The fourth-order valence-electron chi connectivity index (χ4n) is 3.09. The molecule has 9 nitrogen and oxygen atoms in total. The van der Waals surface area contributed by atoms with Crippen LogP contribution < -0.4 is 11.0 Å². The van der Waals surface area contributed by atoms with Gasteiger partial charge < -0.3 is 0 Å². The van der Waals surface area contributed by atoms with Crippen LogP contribution in [0.4, 0.5) is 5.69 Å². The number of carbonyl (C=O) groups excluding carboxylic acids is 1. The molecule has 0 atom stereocenters. The average molecular weight is 407 g/mol. The molecular weight excluding hydrogens is 386 g/mol. The number of nitro benzene ring substituents is 1. The van der Waals surface area contributed by atoms with Gasteiger partial charge in [-0.25, -0.2) is 10.1 Å². The van der Waals surface area contributed by atoms with E-state index in [1.807, 2.05) is 32.0 Å². The Labute approximate surface area is 172 Å². The van der Waals surface area contributed by atoms with Crippen LogP contribution in [0, 0.1) is 30.9 Å². The van der Waals surface area contributed by atoms with E-state index in [4.69, 9.17) is 0 Å². The van der Waals surface area contributed by atoms with E-state index < -0.39 is 10.8 Å². The summed E-state index contributed by atoms with van der Waals surface area (Å²) in [6.45, 7) is 7.27. The third kappa shape index (κ3) is 3.90. The Morgan fingerprint density at radius 3 is 2.50 bits per heavy atom. The Morgan fingerprint density at radius 2 is 1.83 bits per heavy atom. The number of H-pyrrole nitrogens is 1. The summed E-state index contributed by atoms with van der Waals surface area (Å²) >= 11 is 0. The summed E-state index contributed by atoms with van der Waals surface area (Å²) in [7, 11) is 0. The van der Waals surface area contributed by atoms with Gasteiger partial charge in [-0.15, -0.1) is 0 Å². The van der Waals surface area contributed by atoms with E-state index in [-0.39, 0.29) is 22.5 Å². The van der Waals surface area contributed by atoms with Gasteiger partial charge >= 0.3 is 0 Å². The standard InChI is InChI=1S/C21H21N5O4/c1-12-9-10-16(11-13(12)2)25-21(28)19(15(4)24-25)14(3)22-23-20(27)17-7-5-6-8-18(17)26(29)30/h5-11,24H,1-4H3,(H,23,27). The molecule has 3 aromatic rings. The fourth-order valence-corrected chi connectivity index (χ4v) is 3.09. The summed E-state index contributed by atoms with van der Waals surface area (Å²) in [5, 5.41) is 18.1. The molecule has 0 radical (unpaired) electrons. The Balaban J connectivity index is 1.91. The first kappa shape index (κ1) is 20.7. The van der Waals surface area contributed by atoms with Crippen molar-refractivity contribution in [2.45, 2.75) is 27.7 Å². The summed E-state index contributed by atoms with van der Waals surface area (Å²) < 4.78 is 1.42. The van der Waals surface area contributed by atoms with Crippen LogP contribution >= 0.6 is 0 Å². The van der Waals surface area contributed by atoms with Crippen LogP contribution in [-0.2, 0) is 0 Å². The van der Waals surface area contributed by atoms with Crippen LogP contribution in [-0.4, -0.2) is 26.3 Å². The van der Waals surface area contributed by atoms with Gasteiger partial charge in [-0.2, -0.15) is 5.10 Å². The molecule has 0 aliphatic rings. The number of amides is 1. The molecule has 0 aliphatic carbocycles. The lowest BCUT2D eigenvalue weighted by molar-refractivity contribution is -0.385. The number of nitro groups is 1. The molecular formula is C21H21N5O4. The molecule has 154 valence electrons. The molecule has 9 heteroatoms. The van der Waals surface area contributed by atoms with E-state index in [1.165, 1.54) is 28.9 Å². The number of aromatic nitrogens is 2. The Bertz CT molecular complexity index is 1240. The van der Waals surface area contributed by atoms with Gasteiger partial charge in [0.1, 0.15) is 5.56 Å². The second-order valence-corrected chi connectivity index (χ2v) is 6.93. The summed E-state index contributed by atoms with van der Waals surface area (Å²) in [6, 6.07) is 11.3. The lowest BCUT2D eigenvalue weighted by Crippen LogP contribution is -2.24. The van der Waals surface area contributed by atoms with Gasteiger partial charge in [0.15, 0.2) is 0 Å². The Kier molecular flexibility index (Phi) is 5.63. The topological polar surface area (TPSA) is 122 Å². The van der Waals surface area contributed by atoms with Gasteiger partial charge in [-0.05, 0) is 57.0 Å². The molecule has 1 heterocycles. The third-order valence-electron chi connectivity index (χ3n) is 4.85. The minimum absolute atomic E-state index is 0.114. The number of hydrogen-bond acceptors (Lipinski definition) is 5. The zero-order valence-corrected chi connectivity index (χ0v) is 17.0. The molecule has 0 bridgehead atoms. The Morgan fingerprint density at radius 1 is 1.13 bits per heavy atom. The minimum Gasteiger partial charge on any atom is -0.295 e. The average Bonchev–Trinajstić information content (AvgIpc) is 3.02. The van der Waals surface area contributed by atoms with E-state index in [0.717, 1.165) is 11.1 Å². The molecule has 0 fully saturated rings. The van der Waals surface area contributed by atoms with Crippen LogP contribution in [0.25, 0.3) is 5.69 Å². The van der Waals surface area contributed by atoms with Crippen molar-refractivity contribution in [3.8, 4) is 5.69 Å². The van der Waals surface area contributed by atoms with Gasteiger partial charge in [0, 0.05) is 11.8 Å². The van der Waals surface area contributed by atoms with Crippen LogP contribution in [0.3, 0.4) is 0 Å². The molecule has 0 aliphatic heterocycles. The molecule has 0 spiro atoms. The largest absolute Gasteiger partial charge is 0.295 e. The summed E-state index contributed by atoms with van der Waals surface area (Å²) in [5.41, 5.74) is 5.59. The number of para-hydroxylation sites is 1. The van der Waals surface area contributed by atoms with Crippen LogP contribution in [0.5, 0.6) is 0 Å². The third-order valence-corrected chi connectivity index (χ3v) is 4.85. The van der Waals surface area contributed by atoms with Crippen molar-refractivity contribution >= 4 is 17.3 Å². The lowest BCUT2D eigenvalue weighted by atomic mass is 10.1. The molecule has 1 amide bonds. The second-order valence-electron chi connectivity index (χ2n) is 6.93. The molecule has 2 N–H and O–H groups in total. The number of nitrogens with one attached hydrogen (secondary N) is 2. The zero-order valence-electron chi connectivity index (χ0n) is 17.0. The van der Waals surface area contributed by atoms with Gasteiger partial charge in [-0.3, -0.25) is 24.8 Å². The van der Waals surface area contributed by atoms with Crippen molar-refractivity contribution in [3.05, 3.63) is 90.9 Å². The molecule has 0 saturated heterocycles. The van der Waals surface area contributed by atoms with Crippen molar-refractivity contribution in [2.75, 3.05) is 0 Å². The van der Waals surface area contributed by atoms with Gasteiger partial charge in [-0.1, -0.05) is 18.2 Å². The molecule has 3 rings (SSSR count). The quantitative estimate of drug-likeness (QED) is 0.383. The highest BCUT2D eigenvalue weighted by Gasteiger charge is 2.20. The molecule has 1 aromatic heterocycles. The van der Waals surface area contributed by atoms with Crippen molar-refractivity contribution in [2.24, 2.45) is 5.10 Å². The number of carbonyl (C=O) groups is 1. The van der Waals surface area contributed by atoms with E-state index >= 15 is 0 Å². The lowest BCUT2D eigenvalue weighted by Gasteiger charge is -2.05. The summed E-state index contributed by atoms with van der Waals surface area (Å²) in [6.07, 6.45) is 0. The maximum absolute atomic E-state index is 12.9. The Hall–Kier alpha value is -4.01. The maximum Gasteiger partial charge on any atom is 0.282 e. The van der Waals surface area contributed by atoms with E-state index in [2.05, 4.69) is 15.6 Å². The number of aromatic amines is 1. The minimum atomic E-state index is -0.732. The fraction of sp³-hybridized carbons (Fsp3) is 0.190.